The highest BCUT2D eigenvalue weighted by molar-refractivity contribution is 5.56. The molecule has 0 heterocycles. The van der Waals surface area contributed by atoms with Gasteiger partial charge in [-0.05, 0) is 31.9 Å². The van der Waals surface area contributed by atoms with E-state index in [1.807, 2.05) is 6.07 Å². The summed E-state index contributed by atoms with van der Waals surface area (Å²) in [6.07, 6.45) is 4.39. The number of nitrogens with zero attached hydrogens (tertiary/aromatic N) is 1. The molecular formula is C15H21FN2. The number of anilines is 1. The van der Waals surface area contributed by atoms with Crippen LogP contribution in [-0.2, 0) is 0 Å². The Morgan fingerprint density at radius 3 is 2.67 bits per heavy atom. The second-order valence-electron chi connectivity index (χ2n) is 4.63. The average molecular weight is 248 g/mol. The number of unbranched alkanes of at least 4 members (excludes halogenated alkanes) is 1. The molecule has 0 aliphatic carbocycles. The van der Waals surface area contributed by atoms with Crippen molar-refractivity contribution in [1.29, 1.82) is 5.26 Å². The molecular weight excluding hydrogens is 227 g/mol. The topological polar surface area (TPSA) is 35.8 Å². The van der Waals surface area contributed by atoms with Crippen molar-refractivity contribution in [2.75, 3.05) is 5.32 Å². The lowest BCUT2D eigenvalue weighted by molar-refractivity contribution is 0.589. The Labute approximate surface area is 109 Å². The fraction of sp³-hybridized carbons (Fsp3) is 0.533. The van der Waals surface area contributed by atoms with Gasteiger partial charge in [0.05, 0.1) is 11.6 Å². The Morgan fingerprint density at radius 1 is 1.39 bits per heavy atom. The number of halogens is 1. The number of benzene rings is 1. The van der Waals surface area contributed by atoms with Gasteiger partial charge in [0.1, 0.15) is 5.82 Å². The summed E-state index contributed by atoms with van der Waals surface area (Å²) in [5.41, 5.74) is 1.70. The zero-order chi connectivity index (χ0) is 13.5. The van der Waals surface area contributed by atoms with Gasteiger partial charge in [0.15, 0.2) is 0 Å². The molecule has 1 N–H and O–H groups in total. The van der Waals surface area contributed by atoms with Crippen LogP contribution in [0.3, 0.4) is 0 Å². The third-order valence-electron chi connectivity index (χ3n) is 3.23. The molecule has 1 aromatic rings. The summed E-state index contributed by atoms with van der Waals surface area (Å²) in [5, 5.41) is 12.2. The van der Waals surface area contributed by atoms with Crippen LogP contribution < -0.4 is 5.32 Å². The molecule has 1 aromatic carbocycles. The fourth-order valence-corrected chi connectivity index (χ4v) is 1.94. The number of hydrogen-bond donors (Lipinski definition) is 1. The van der Waals surface area contributed by atoms with Crippen molar-refractivity contribution in [2.45, 2.75) is 52.5 Å². The molecule has 0 radical (unpaired) electrons. The first kappa shape index (κ1) is 14.5. The normalized spacial score (nSPS) is 11.9. The minimum absolute atomic E-state index is 0.318. The summed E-state index contributed by atoms with van der Waals surface area (Å²) >= 11 is 0. The average Bonchev–Trinajstić information content (AvgIpc) is 2.38. The van der Waals surface area contributed by atoms with Crippen LogP contribution in [0.5, 0.6) is 0 Å². The maximum Gasteiger partial charge on any atom is 0.129 e. The van der Waals surface area contributed by atoms with E-state index in [0.29, 0.717) is 17.2 Å². The smallest absolute Gasteiger partial charge is 0.129 e. The Bertz CT molecular complexity index is 435. The van der Waals surface area contributed by atoms with Crippen LogP contribution in [0.25, 0.3) is 0 Å². The monoisotopic (exact) mass is 248 g/mol. The molecule has 0 saturated carbocycles. The second kappa shape index (κ2) is 7.00. The predicted molar refractivity (Wildman–Crippen MR) is 73.1 cm³/mol. The molecule has 0 spiro atoms. The molecule has 0 bridgehead atoms. The molecule has 2 nitrogen and oxygen atoms in total. The lowest BCUT2D eigenvalue weighted by Crippen LogP contribution is -2.19. The number of rotatable bonds is 6. The van der Waals surface area contributed by atoms with Gasteiger partial charge in [-0.3, -0.25) is 0 Å². The molecule has 1 rings (SSSR count). The van der Waals surface area contributed by atoms with Gasteiger partial charge >= 0.3 is 0 Å². The van der Waals surface area contributed by atoms with E-state index in [2.05, 4.69) is 19.2 Å². The van der Waals surface area contributed by atoms with Gasteiger partial charge in [0.25, 0.3) is 0 Å². The summed E-state index contributed by atoms with van der Waals surface area (Å²) in [5.74, 6) is -0.318. The van der Waals surface area contributed by atoms with Crippen LogP contribution in [0.15, 0.2) is 12.1 Å². The van der Waals surface area contributed by atoms with Crippen LogP contribution in [0.4, 0.5) is 10.1 Å². The van der Waals surface area contributed by atoms with E-state index < -0.39 is 0 Å². The fourth-order valence-electron chi connectivity index (χ4n) is 1.94. The van der Waals surface area contributed by atoms with Gasteiger partial charge in [-0.15, -0.1) is 0 Å². The minimum Gasteiger partial charge on any atom is -0.382 e. The standard InChI is InChI=1S/C15H21FN2/c1-4-6-7-13(5-2)18-15-9-12(10-17)8-14(16)11(15)3/h8-9,13,18H,4-7H2,1-3H3. The molecule has 18 heavy (non-hydrogen) atoms. The first-order valence-electron chi connectivity index (χ1n) is 6.59. The number of nitrogens with one attached hydrogen (secondary N) is 1. The van der Waals surface area contributed by atoms with Gasteiger partial charge in [-0.1, -0.05) is 26.7 Å². The molecule has 0 saturated heterocycles. The van der Waals surface area contributed by atoms with E-state index in [9.17, 15) is 4.39 Å². The molecule has 1 atom stereocenters. The summed E-state index contributed by atoms with van der Waals surface area (Å²) in [4.78, 5) is 0. The molecule has 98 valence electrons. The molecule has 1 unspecified atom stereocenters. The van der Waals surface area contributed by atoms with Crippen molar-refractivity contribution in [3.8, 4) is 6.07 Å². The summed E-state index contributed by atoms with van der Waals surface area (Å²) in [7, 11) is 0. The summed E-state index contributed by atoms with van der Waals surface area (Å²) in [6, 6.07) is 5.35. The molecule has 0 aromatic heterocycles. The summed E-state index contributed by atoms with van der Waals surface area (Å²) < 4.78 is 13.6. The maximum absolute atomic E-state index is 13.6. The Morgan fingerprint density at radius 2 is 2.11 bits per heavy atom. The first-order chi connectivity index (χ1) is 8.62. The molecule has 3 heteroatoms. The predicted octanol–water partition coefficient (Wildman–Crippen LogP) is 4.39. The van der Waals surface area contributed by atoms with Crippen molar-refractivity contribution >= 4 is 5.69 Å². The highest BCUT2D eigenvalue weighted by atomic mass is 19.1. The lowest BCUT2D eigenvalue weighted by atomic mass is 10.0. The van der Waals surface area contributed by atoms with Crippen LogP contribution in [0.2, 0.25) is 0 Å². The first-order valence-corrected chi connectivity index (χ1v) is 6.59. The van der Waals surface area contributed by atoms with Crippen molar-refractivity contribution in [3.05, 3.63) is 29.1 Å². The molecule has 0 amide bonds. The van der Waals surface area contributed by atoms with E-state index in [-0.39, 0.29) is 5.82 Å². The maximum atomic E-state index is 13.6. The third kappa shape index (κ3) is 3.73. The van der Waals surface area contributed by atoms with Crippen LogP contribution in [0.1, 0.15) is 50.7 Å². The van der Waals surface area contributed by atoms with E-state index in [0.717, 1.165) is 31.4 Å². The zero-order valence-corrected chi connectivity index (χ0v) is 11.4. The number of nitriles is 1. The van der Waals surface area contributed by atoms with Gasteiger partial charge in [0.2, 0.25) is 0 Å². The van der Waals surface area contributed by atoms with Crippen LogP contribution >= 0.6 is 0 Å². The number of hydrogen-bond acceptors (Lipinski definition) is 2. The quantitative estimate of drug-likeness (QED) is 0.810. The van der Waals surface area contributed by atoms with Crippen LogP contribution in [0, 0.1) is 24.1 Å². The Balaban J connectivity index is 2.88. The Kier molecular flexibility index (Phi) is 5.64. The summed E-state index contributed by atoms with van der Waals surface area (Å²) in [6.45, 7) is 6.02. The van der Waals surface area contributed by atoms with E-state index in [4.69, 9.17) is 5.26 Å². The SMILES string of the molecule is CCCCC(CC)Nc1cc(C#N)cc(F)c1C. The van der Waals surface area contributed by atoms with Crippen LogP contribution in [-0.4, -0.2) is 6.04 Å². The van der Waals surface area contributed by atoms with E-state index in [1.54, 1.807) is 13.0 Å². The molecule has 0 aliphatic heterocycles. The van der Waals surface area contributed by atoms with Crippen molar-refractivity contribution in [3.63, 3.8) is 0 Å². The molecule has 0 fully saturated rings. The highest BCUT2D eigenvalue weighted by Gasteiger charge is 2.11. The lowest BCUT2D eigenvalue weighted by Gasteiger charge is -2.20. The molecule has 0 aliphatic rings. The van der Waals surface area contributed by atoms with Gasteiger partial charge in [0, 0.05) is 17.3 Å². The van der Waals surface area contributed by atoms with Crippen molar-refractivity contribution in [2.24, 2.45) is 0 Å². The van der Waals surface area contributed by atoms with Gasteiger partial charge in [-0.25, -0.2) is 4.39 Å². The third-order valence-corrected chi connectivity index (χ3v) is 3.23. The second-order valence-corrected chi connectivity index (χ2v) is 4.63. The highest BCUT2D eigenvalue weighted by Crippen LogP contribution is 2.22. The zero-order valence-electron chi connectivity index (χ0n) is 11.4. The minimum atomic E-state index is -0.318. The van der Waals surface area contributed by atoms with Crippen molar-refractivity contribution < 1.29 is 4.39 Å². The Hall–Kier alpha value is -1.56. The largest absolute Gasteiger partial charge is 0.382 e. The van der Waals surface area contributed by atoms with Gasteiger partial charge in [-0.2, -0.15) is 5.26 Å². The van der Waals surface area contributed by atoms with Gasteiger partial charge < -0.3 is 5.32 Å². The van der Waals surface area contributed by atoms with E-state index in [1.165, 1.54) is 6.07 Å². The van der Waals surface area contributed by atoms with E-state index >= 15 is 0 Å². The van der Waals surface area contributed by atoms with Crippen molar-refractivity contribution in [1.82, 2.24) is 0 Å².